The summed E-state index contributed by atoms with van der Waals surface area (Å²) >= 11 is 0. The first kappa shape index (κ1) is 68.9. The van der Waals surface area contributed by atoms with E-state index < -0.39 is 70.3 Å². The molecule has 0 unspecified atom stereocenters. The van der Waals surface area contributed by atoms with Gasteiger partial charge in [0.05, 0.1) is 37.6 Å². The molecule has 0 radical (unpaired) electrons. The van der Waals surface area contributed by atoms with Gasteiger partial charge in [0.2, 0.25) is 23.5 Å². The van der Waals surface area contributed by atoms with Gasteiger partial charge in [-0.2, -0.15) is 0 Å². The lowest BCUT2D eigenvalue weighted by atomic mass is 9.94. The van der Waals surface area contributed by atoms with Crippen molar-refractivity contribution in [2.45, 2.75) is 125 Å². The van der Waals surface area contributed by atoms with Gasteiger partial charge in [-0.25, -0.2) is 64.6 Å². The molecule has 12 rings (SSSR count). The average molecular weight is 1290 g/mol. The van der Waals surface area contributed by atoms with Crippen molar-refractivity contribution in [1.82, 2.24) is 19.9 Å². The molecule has 24 heteroatoms. The minimum atomic E-state index is -0.728. The number of carbonyl (C=O) groups is 4. The zero-order valence-electron chi connectivity index (χ0n) is 50.7. The van der Waals surface area contributed by atoms with Crippen LogP contribution in [0.3, 0.4) is 0 Å². The Morgan fingerprint density at radius 3 is 0.828 bits per heavy atom. The first-order valence-electron chi connectivity index (χ1n) is 29.5. The molecule has 4 aromatic carbocycles. The van der Waals surface area contributed by atoms with Gasteiger partial charge < -0.3 is 39.9 Å². The second-order valence-corrected chi connectivity index (χ2v) is 21.9. The van der Waals surface area contributed by atoms with Crippen molar-refractivity contribution in [3.63, 3.8) is 0 Å². The number of nitrogens with two attached hydrogens (primary N) is 2. The van der Waals surface area contributed by atoms with Crippen LogP contribution in [0.5, 0.6) is 23.5 Å². The van der Waals surface area contributed by atoms with E-state index in [2.05, 4.69) is 19.9 Å². The summed E-state index contributed by atoms with van der Waals surface area (Å²) < 4.78 is 142. The fraction of sp³-hybridized carbons (Fsp3) is 0.304. The maximum absolute atomic E-state index is 14.2. The van der Waals surface area contributed by atoms with Crippen molar-refractivity contribution in [3.05, 3.63) is 189 Å². The summed E-state index contributed by atoms with van der Waals surface area (Å²) in [5, 5.41) is 0. The minimum absolute atomic E-state index is 0. The van der Waals surface area contributed by atoms with Crippen molar-refractivity contribution >= 4 is 23.8 Å². The smallest absolute Gasteiger partial charge is 0.357 e. The van der Waals surface area contributed by atoms with Crippen LogP contribution in [0.2, 0.25) is 0 Å². The van der Waals surface area contributed by atoms with E-state index >= 15 is 0 Å². The van der Waals surface area contributed by atoms with E-state index in [-0.39, 0.29) is 102 Å². The molecule has 16 nitrogen and oxygen atoms in total. The van der Waals surface area contributed by atoms with Crippen LogP contribution in [-0.2, 0) is 35.2 Å². The molecule has 2 amide bonds. The van der Waals surface area contributed by atoms with E-state index in [1.165, 1.54) is 72.8 Å². The molecular weight excluding hydrogens is 1220 g/mol. The minimum Gasteiger partial charge on any atom is -0.474 e. The lowest BCUT2D eigenvalue weighted by molar-refractivity contribution is 0.0508. The summed E-state index contributed by atoms with van der Waals surface area (Å²) in [6, 6.07) is 19.1. The van der Waals surface area contributed by atoms with E-state index in [0.717, 1.165) is 49.9 Å². The highest BCUT2D eigenvalue weighted by molar-refractivity contribution is 5.94. The molecule has 4 aliphatic rings. The molecule has 0 saturated carbocycles. The van der Waals surface area contributed by atoms with E-state index in [1.807, 2.05) is 27.7 Å². The Kier molecular flexibility index (Phi) is 22.2. The quantitative estimate of drug-likeness (QED) is 0.0959. The summed E-state index contributed by atoms with van der Waals surface area (Å²) in [5.41, 5.74) is 16.2. The number of hydrogen-bond acceptors (Lipinski definition) is 14. The Hall–Kier alpha value is -10.0. The predicted molar refractivity (Wildman–Crippen MR) is 328 cm³/mol. The number of esters is 2. The van der Waals surface area contributed by atoms with Crippen LogP contribution in [0.15, 0.2) is 97.1 Å². The first-order chi connectivity index (χ1) is 43.9. The van der Waals surface area contributed by atoms with Crippen molar-refractivity contribution < 1.29 is 82.7 Å². The molecule has 4 N–H and O–H groups in total. The third-order valence-electron chi connectivity index (χ3n) is 15.2. The summed E-state index contributed by atoms with van der Waals surface area (Å²) in [6.07, 6.45) is 5.36. The molecule has 8 heterocycles. The number of primary amides is 2. The molecule has 0 bridgehead atoms. The molecule has 0 aliphatic carbocycles. The van der Waals surface area contributed by atoms with Crippen LogP contribution < -0.4 is 30.4 Å². The van der Waals surface area contributed by atoms with Gasteiger partial charge in [-0.3, -0.25) is 9.59 Å². The number of amides is 2. The average Bonchev–Trinajstić information content (AvgIpc) is 0.822. The largest absolute Gasteiger partial charge is 0.474 e. The third-order valence-corrected chi connectivity index (χ3v) is 15.2. The van der Waals surface area contributed by atoms with Crippen LogP contribution in [0.4, 0.5) is 35.1 Å². The maximum atomic E-state index is 14.2. The lowest BCUT2D eigenvalue weighted by Gasteiger charge is -2.25. The Labute approximate surface area is 530 Å². The highest BCUT2D eigenvalue weighted by Gasteiger charge is 2.30. The molecule has 4 aliphatic heterocycles. The summed E-state index contributed by atoms with van der Waals surface area (Å²) in [6.45, 7) is 11.4. The van der Waals surface area contributed by atoms with E-state index in [9.17, 15) is 54.3 Å². The summed E-state index contributed by atoms with van der Waals surface area (Å²) in [5.74, 6) is -6.94. The van der Waals surface area contributed by atoms with Crippen LogP contribution in [-0.4, -0.2) is 81.3 Å². The van der Waals surface area contributed by atoms with Gasteiger partial charge in [0, 0.05) is 68.8 Å². The molecule has 93 heavy (non-hydrogen) atoms. The fourth-order valence-corrected chi connectivity index (χ4v) is 10.6. The molecular formula is C69H66F8N6O10. The van der Waals surface area contributed by atoms with Gasteiger partial charge >= 0.3 is 11.9 Å². The summed E-state index contributed by atoms with van der Waals surface area (Å²) in [4.78, 5) is 63.6. The van der Waals surface area contributed by atoms with Crippen LogP contribution in [0, 0.1) is 46.5 Å². The Morgan fingerprint density at radius 2 is 0.613 bits per heavy atom. The number of pyridine rings is 4. The molecule has 0 fully saturated rings. The number of ether oxygens (including phenoxy) is 6. The third kappa shape index (κ3) is 16.2. The van der Waals surface area contributed by atoms with Crippen molar-refractivity contribution in [1.29, 1.82) is 0 Å². The topological polar surface area (TPSA) is 227 Å². The van der Waals surface area contributed by atoms with Crippen molar-refractivity contribution in [2.75, 3.05) is 13.2 Å². The van der Waals surface area contributed by atoms with E-state index in [4.69, 9.17) is 39.9 Å². The van der Waals surface area contributed by atoms with Gasteiger partial charge in [-0.05, 0) is 188 Å². The molecule has 0 saturated heterocycles. The van der Waals surface area contributed by atoms with Gasteiger partial charge in [0.15, 0.2) is 11.4 Å². The highest BCUT2D eigenvalue weighted by Crippen LogP contribution is 2.41. The van der Waals surface area contributed by atoms with Gasteiger partial charge in [-0.1, -0.05) is 7.43 Å². The number of rotatable bonds is 10. The van der Waals surface area contributed by atoms with Crippen LogP contribution in [0.25, 0.3) is 44.5 Å². The number of aromatic nitrogens is 4. The zero-order chi connectivity index (χ0) is 66.2. The fourth-order valence-electron chi connectivity index (χ4n) is 10.6. The van der Waals surface area contributed by atoms with Crippen molar-refractivity contribution in [3.8, 4) is 68.0 Å². The number of benzene rings is 4. The second-order valence-electron chi connectivity index (χ2n) is 21.9. The van der Waals surface area contributed by atoms with Gasteiger partial charge in [0.1, 0.15) is 57.9 Å². The Bertz CT molecular complexity index is 3900. The number of halogens is 8. The second kappa shape index (κ2) is 30.0. The predicted octanol–water partition coefficient (Wildman–Crippen LogP) is 14.1. The number of carbonyl (C=O) groups excluding carboxylic acids is 4. The van der Waals surface area contributed by atoms with Crippen molar-refractivity contribution in [2.24, 2.45) is 11.5 Å². The first-order valence-corrected chi connectivity index (χ1v) is 29.5. The maximum Gasteiger partial charge on any atom is 0.357 e. The van der Waals surface area contributed by atoms with E-state index in [1.54, 1.807) is 13.8 Å². The molecule has 0 spiro atoms. The lowest BCUT2D eigenvalue weighted by Crippen LogP contribution is -2.23. The zero-order valence-corrected chi connectivity index (χ0v) is 50.7. The molecule has 8 aromatic rings. The monoisotopic (exact) mass is 1290 g/mol. The molecule has 4 aromatic heterocycles. The summed E-state index contributed by atoms with van der Waals surface area (Å²) in [7, 11) is 0. The Morgan fingerprint density at radius 1 is 0.387 bits per heavy atom. The van der Waals surface area contributed by atoms with Gasteiger partial charge in [0.25, 0.3) is 11.8 Å². The van der Waals surface area contributed by atoms with Crippen LogP contribution >= 0.6 is 0 Å². The molecule has 488 valence electrons. The van der Waals surface area contributed by atoms with Gasteiger partial charge in [-0.15, -0.1) is 0 Å². The number of nitrogens with zero attached hydrogens (tertiary/aromatic N) is 4. The van der Waals surface area contributed by atoms with E-state index in [0.29, 0.717) is 82.0 Å². The van der Waals surface area contributed by atoms with Crippen LogP contribution in [0.1, 0.15) is 139 Å². The SMILES string of the molecule is C.CCOC(=O)c1cc(-c2ccc(F)cc2F)c2c(n1)O[C@@H](C)CC2.CCOC(=O)c1cc(-c2ccc(F)cc2F)c2c(n1)O[C@H](C)CC2.C[C@@H]1CCc2c(-c3ccc(F)cc3F)cc(C(N)=O)nc2O1.C[C@H]1CCc2c(-c3ccc(F)cc3F)cc(C(N)=O)nc2O1. The normalized spacial score (nSPS) is 16.3. The highest BCUT2D eigenvalue weighted by atomic mass is 19.2. The molecule has 4 atom stereocenters. The standard InChI is InChI=1S/2C18H17F2NO3.2C16H14F2N2O2.CH4/c2*1-3-23-18(22)16-9-14(12-7-5-11(19)8-15(12)20)13-6-4-10(2)24-17(13)21-16;2*1-8-2-4-11-12(10-5-3-9(17)6-13(10)18)7-14(15(19)21)20-16(11)22-8;/h2*5,7-10H,3-4,6H2,1-2H3;2*3,5-8H,2,4H2,1H3,(H2,19,21);1H4/t2*10-;2*8-;/m1010./s1. The number of fused-ring (bicyclic) bond motifs is 4. The number of hydrogen-bond donors (Lipinski definition) is 2. The Balaban J connectivity index is 0.000000159.